The molecule has 1 amide bonds. The van der Waals surface area contributed by atoms with E-state index in [1.807, 2.05) is 0 Å². The molecule has 2 unspecified atom stereocenters. The molecular formula is C29H29F8NO5S2. The highest BCUT2D eigenvalue weighted by molar-refractivity contribution is 7.92. The Morgan fingerprint density at radius 3 is 2.09 bits per heavy atom. The maximum atomic E-state index is 15.1. The van der Waals surface area contributed by atoms with Crippen LogP contribution in [-0.4, -0.2) is 64.1 Å². The summed E-state index contributed by atoms with van der Waals surface area (Å²) in [4.78, 5) is 14.8. The Morgan fingerprint density at radius 2 is 1.53 bits per heavy atom. The molecule has 0 aromatic heterocycles. The van der Waals surface area contributed by atoms with Crippen molar-refractivity contribution < 1.29 is 56.8 Å². The number of carbonyl (C=O) groups excluding carboxylic acids is 1. The molecule has 0 spiro atoms. The van der Waals surface area contributed by atoms with Crippen LogP contribution < -0.4 is 0 Å². The molecule has 0 saturated carbocycles. The van der Waals surface area contributed by atoms with Gasteiger partial charge in [-0.3, -0.25) is 4.79 Å². The van der Waals surface area contributed by atoms with Gasteiger partial charge >= 0.3 is 18.0 Å². The molecule has 45 heavy (non-hydrogen) atoms. The monoisotopic (exact) mass is 687 g/mol. The fourth-order valence-corrected chi connectivity index (χ4v) is 11.7. The van der Waals surface area contributed by atoms with Gasteiger partial charge in [0.1, 0.15) is 20.4 Å². The summed E-state index contributed by atoms with van der Waals surface area (Å²) in [6.07, 6.45) is -13.3. The van der Waals surface area contributed by atoms with Crippen molar-refractivity contribution in [3.05, 3.63) is 64.5 Å². The Bertz CT molecular complexity index is 1730. The summed E-state index contributed by atoms with van der Waals surface area (Å²) in [6, 6.07) is 3.14. The van der Waals surface area contributed by atoms with E-state index in [0.717, 1.165) is 24.3 Å². The highest BCUT2D eigenvalue weighted by Crippen LogP contribution is 2.58. The van der Waals surface area contributed by atoms with E-state index >= 15 is 4.39 Å². The van der Waals surface area contributed by atoms with Gasteiger partial charge in [-0.25, -0.2) is 25.6 Å². The molecule has 0 bridgehead atoms. The lowest BCUT2D eigenvalue weighted by Gasteiger charge is -2.45. The topological polar surface area (TPSA) is 88.6 Å². The molecule has 2 fully saturated rings. The van der Waals surface area contributed by atoms with Crippen LogP contribution >= 0.6 is 0 Å². The fraction of sp³-hybridized carbons (Fsp3) is 0.552. The van der Waals surface area contributed by atoms with Crippen LogP contribution in [0.2, 0.25) is 0 Å². The van der Waals surface area contributed by atoms with E-state index in [9.17, 15) is 52.4 Å². The quantitative estimate of drug-likeness (QED) is 0.304. The van der Waals surface area contributed by atoms with Crippen molar-refractivity contribution in [2.45, 2.75) is 73.2 Å². The molecular weight excluding hydrogens is 658 g/mol. The van der Waals surface area contributed by atoms with Crippen LogP contribution in [0.15, 0.2) is 41.3 Å². The van der Waals surface area contributed by atoms with Crippen LogP contribution in [0.4, 0.5) is 35.1 Å². The molecule has 0 radical (unpaired) electrons. The van der Waals surface area contributed by atoms with Crippen LogP contribution in [0.1, 0.15) is 48.4 Å². The number of halogens is 8. The number of amides is 1. The lowest BCUT2D eigenvalue weighted by atomic mass is 9.73. The second-order valence-corrected chi connectivity index (χ2v) is 16.5. The highest BCUT2D eigenvalue weighted by Gasteiger charge is 2.74. The number of aryl methyl sites for hydroxylation is 2. The Balaban J connectivity index is 1.72. The zero-order valence-corrected chi connectivity index (χ0v) is 25.6. The second kappa shape index (κ2) is 10.6. The van der Waals surface area contributed by atoms with Crippen LogP contribution in [-0.2, 0) is 41.3 Å². The third-order valence-corrected chi connectivity index (χ3v) is 14.1. The summed E-state index contributed by atoms with van der Waals surface area (Å²) in [5.41, 5.74) is -7.94. The van der Waals surface area contributed by atoms with E-state index in [1.165, 1.54) is 18.7 Å². The smallest absolute Gasteiger partial charge is 0.337 e. The maximum absolute atomic E-state index is 15.1. The van der Waals surface area contributed by atoms with Gasteiger partial charge in [-0.1, -0.05) is 25.1 Å². The summed E-state index contributed by atoms with van der Waals surface area (Å²) in [7, 11) is -8.04. The minimum atomic E-state index is -6.39. The molecule has 0 N–H and O–H groups in total. The number of nitrogens with zero attached hydrogens (tertiary/aromatic N) is 1. The summed E-state index contributed by atoms with van der Waals surface area (Å²) >= 11 is 0. The van der Waals surface area contributed by atoms with Crippen molar-refractivity contribution in [2.24, 2.45) is 11.8 Å². The van der Waals surface area contributed by atoms with Crippen molar-refractivity contribution in [3.8, 4) is 0 Å². The van der Waals surface area contributed by atoms with Crippen LogP contribution in [0, 0.1) is 24.6 Å². The summed E-state index contributed by atoms with van der Waals surface area (Å²) in [6.45, 7) is 2.63. The maximum Gasteiger partial charge on any atom is 0.435 e. The Kier molecular flexibility index (Phi) is 7.95. The Labute approximate surface area is 254 Å². The van der Waals surface area contributed by atoms with E-state index in [1.54, 1.807) is 0 Å². The van der Waals surface area contributed by atoms with Gasteiger partial charge < -0.3 is 4.90 Å². The molecule has 16 heteroatoms. The zero-order chi connectivity index (χ0) is 33.5. The second-order valence-electron chi connectivity index (χ2n) is 12.1. The van der Waals surface area contributed by atoms with Gasteiger partial charge in [0, 0.05) is 18.0 Å². The zero-order valence-electron chi connectivity index (χ0n) is 24.0. The number of hydrogen-bond donors (Lipinski definition) is 0. The van der Waals surface area contributed by atoms with E-state index in [-0.39, 0.29) is 71.4 Å². The SMILES string of the molecule is Cc1cc(F)ccc1S(=O)(=O)C12c3ccc(C(F)(C(F)(F)F)C(F)(F)F)cc3CCC1N(C(=O)C1CCS(=O)(=O)CC1)C[C@H]2C. The van der Waals surface area contributed by atoms with Crippen LogP contribution in [0.25, 0.3) is 0 Å². The average Bonchev–Trinajstić information content (AvgIpc) is 3.24. The van der Waals surface area contributed by atoms with Gasteiger partial charge in [-0.05, 0) is 73.4 Å². The molecule has 3 atom stereocenters. The standard InChI is InChI=1S/C29H29F8NO5S2/c1-16-13-21(30)5-7-23(16)45(42,43)26-17(2)15-38(25(39)18-9-11-44(40,41)12-10-18)24(26)8-3-19-14-20(4-6-22(19)26)27(31,28(32,33)34)29(35,36)37/h4-7,13-14,17-18,24H,3,8-12,15H2,1-2H3/t17-,24?,26?/m1/s1. The molecule has 2 aliphatic heterocycles. The van der Waals surface area contributed by atoms with Crippen molar-refractivity contribution >= 4 is 25.6 Å². The van der Waals surface area contributed by atoms with Gasteiger partial charge in [0.05, 0.1) is 22.4 Å². The first-order valence-corrected chi connectivity index (χ1v) is 17.4. The first-order chi connectivity index (χ1) is 20.6. The number of sulfone groups is 2. The van der Waals surface area contributed by atoms with E-state index < -0.39 is 77.6 Å². The third kappa shape index (κ3) is 4.95. The summed E-state index contributed by atoms with van der Waals surface area (Å²) in [5, 5.41) is 0. The molecule has 2 heterocycles. The predicted molar refractivity (Wildman–Crippen MR) is 146 cm³/mol. The summed E-state index contributed by atoms with van der Waals surface area (Å²) < 4.78 is 162. The van der Waals surface area contributed by atoms with Crippen LogP contribution in [0.3, 0.4) is 0 Å². The van der Waals surface area contributed by atoms with Gasteiger partial charge in [0.2, 0.25) is 5.91 Å². The minimum absolute atomic E-state index is 0.00298. The predicted octanol–water partition coefficient (Wildman–Crippen LogP) is 5.71. The number of alkyl halides is 7. The van der Waals surface area contributed by atoms with Crippen molar-refractivity contribution in [1.29, 1.82) is 0 Å². The van der Waals surface area contributed by atoms with E-state index in [0.29, 0.717) is 6.07 Å². The number of hydrogen-bond acceptors (Lipinski definition) is 5. The fourth-order valence-electron chi connectivity index (χ4n) is 7.41. The van der Waals surface area contributed by atoms with Crippen molar-refractivity contribution in [2.75, 3.05) is 18.1 Å². The lowest BCUT2D eigenvalue weighted by Crippen LogP contribution is -2.55. The van der Waals surface area contributed by atoms with E-state index in [4.69, 9.17) is 0 Å². The van der Waals surface area contributed by atoms with Crippen molar-refractivity contribution in [3.63, 3.8) is 0 Å². The number of likely N-dealkylation sites (tertiary alicyclic amines) is 1. The van der Waals surface area contributed by atoms with E-state index in [2.05, 4.69) is 0 Å². The molecule has 2 aromatic carbocycles. The molecule has 5 rings (SSSR count). The number of rotatable bonds is 4. The molecule has 3 aliphatic rings. The highest BCUT2D eigenvalue weighted by atomic mass is 32.2. The molecule has 6 nitrogen and oxygen atoms in total. The number of fused-ring (bicyclic) bond motifs is 3. The number of carbonyl (C=O) groups is 1. The molecule has 2 saturated heterocycles. The van der Waals surface area contributed by atoms with Gasteiger partial charge in [0.25, 0.3) is 0 Å². The van der Waals surface area contributed by atoms with Crippen molar-refractivity contribution in [1.82, 2.24) is 4.90 Å². The Morgan fingerprint density at radius 1 is 0.933 bits per heavy atom. The minimum Gasteiger partial charge on any atom is -0.337 e. The normalized spacial score (nSPS) is 26.0. The average molecular weight is 688 g/mol. The first-order valence-electron chi connectivity index (χ1n) is 14.1. The van der Waals surface area contributed by atoms with Gasteiger partial charge in [0.15, 0.2) is 9.84 Å². The number of benzene rings is 2. The first kappa shape index (κ1) is 33.6. The van der Waals surface area contributed by atoms with Gasteiger partial charge in [-0.15, -0.1) is 0 Å². The summed E-state index contributed by atoms with van der Waals surface area (Å²) in [5.74, 6) is -3.49. The largest absolute Gasteiger partial charge is 0.435 e. The molecule has 2 aromatic rings. The Hall–Kier alpha value is -2.75. The third-order valence-electron chi connectivity index (χ3n) is 9.52. The van der Waals surface area contributed by atoms with Gasteiger partial charge in [-0.2, -0.15) is 26.3 Å². The molecule has 1 aliphatic carbocycles. The van der Waals surface area contributed by atoms with Crippen LogP contribution in [0.5, 0.6) is 0 Å². The lowest BCUT2D eigenvalue weighted by molar-refractivity contribution is -0.348. The molecule has 248 valence electrons.